The number of halogens is 1. The maximum absolute atomic E-state index is 5.74. The molecule has 0 aliphatic heterocycles. The zero-order chi connectivity index (χ0) is 11.3. The van der Waals surface area contributed by atoms with Crippen LogP contribution in [0.3, 0.4) is 0 Å². The summed E-state index contributed by atoms with van der Waals surface area (Å²) in [6.07, 6.45) is 2.04. The Hall–Kier alpha value is -1.10. The van der Waals surface area contributed by atoms with Crippen molar-refractivity contribution in [1.29, 1.82) is 0 Å². The van der Waals surface area contributed by atoms with Crippen molar-refractivity contribution in [3.8, 4) is 6.01 Å². The minimum absolute atomic E-state index is 0.153. The van der Waals surface area contributed by atoms with Gasteiger partial charge in [-0.05, 0) is 18.0 Å². The van der Waals surface area contributed by atoms with Gasteiger partial charge < -0.3 is 9.64 Å². The van der Waals surface area contributed by atoms with Gasteiger partial charge in [-0.25, -0.2) is 0 Å². The molecule has 5 nitrogen and oxygen atoms in total. The first-order valence-corrected chi connectivity index (χ1v) is 5.23. The number of nitrogens with zero attached hydrogens (tertiary/aromatic N) is 4. The summed E-state index contributed by atoms with van der Waals surface area (Å²) in [5.74, 6) is 0.501. The van der Waals surface area contributed by atoms with Crippen molar-refractivity contribution in [3.05, 3.63) is 5.28 Å². The summed E-state index contributed by atoms with van der Waals surface area (Å²) in [6, 6.07) is 0.284. The fraction of sp³-hybridized carbons (Fsp3) is 0.667. The second-order valence-electron chi connectivity index (χ2n) is 3.28. The van der Waals surface area contributed by atoms with Gasteiger partial charge in [0.15, 0.2) is 0 Å². The standard InChI is InChI=1S/C9H15ClN4O/c1-4-5-6-15-9-12-7(10)11-8(13-9)14(2)3/h4-6H2,1-3H3. The average Bonchev–Trinajstić information content (AvgIpc) is 2.17. The Labute approximate surface area is 94.5 Å². The normalized spacial score (nSPS) is 10.1. The molecule has 0 amide bonds. The summed E-state index contributed by atoms with van der Waals surface area (Å²) in [5, 5.41) is 0.153. The lowest BCUT2D eigenvalue weighted by molar-refractivity contribution is 0.284. The van der Waals surface area contributed by atoms with E-state index >= 15 is 0 Å². The van der Waals surface area contributed by atoms with Gasteiger partial charge in [-0.1, -0.05) is 13.3 Å². The summed E-state index contributed by atoms with van der Waals surface area (Å²) < 4.78 is 5.34. The smallest absolute Gasteiger partial charge is 0.322 e. The number of ether oxygens (including phenoxy) is 1. The van der Waals surface area contributed by atoms with Crippen molar-refractivity contribution in [2.45, 2.75) is 19.8 Å². The molecule has 1 aromatic heterocycles. The molecule has 0 saturated heterocycles. The Balaban J connectivity index is 2.71. The van der Waals surface area contributed by atoms with Crippen molar-refractivity contribution in [2.75, 3.05) is 25.6 Å². The van der Waals surface area contributed by atoms with Gasteiger partial charge in [0.2, 0.25) is 11.2 Å². The van der Waals surface area contributed by atoms with Gasteiger partial charge in [0.1, 0.15) is 0 Å². The third-order valence-electron chi connectivity index (χ3n) is 1.70. The van der Waals surface area contributed by atoms with Crippen LogP contribution in [0.4, 0.5) is 5.95 Å². The zero-order valence-electron chi connectivity index (χ0n) is 9.20. The van der Waals surface area contributed by atoms with E-state index in [1.165, 1.54) is 0 Å². The van der Waals surface area contributed by atoms with Crippen molar-refractivity contribution in [3.63, 3.8) is 0 Å². The van der Waals surface area contributed by atoms with E-state index in [2.05, 4.69) is 21.9 Å². The molecule has 0 saturated carbocycles. The molecule has 0 fully saturated rings. The molecular weight excluding hydrogens is 216 g/mol. The maximum atomic E-state index is 5.74. The van der Waals surface area contributed by atoms with E-state index in [0.29, 0.717) is 12.6 Å². The van der Waals surface area contributed by atoms with E-state index in [4.69, 9.17) is 16.3 Å². The van der Waals surface area contributed by atoms with Crippen molar-refractivity contribution >= 4 is 17.5 Å². The third-order valence-corrected chi connectivity index (χ3v) is 1.87. The second kappa shape index (κ2) is 5.70. The van der Waals surface area contributed by atoms with E-state index in [1.54, 1.807) is 4.90 Å². The molecule has 0 aliphatic carbocycles. The summed E-state index contributed by atoms with van der Waals surface area (Å²) in [6.45, 7) is 2.69. The first-order valence-electron chi connectivity index (χ1n) is 4.85. The molecule has 0 aromatic carbocycles. The van der Waals surface area contributed by atoms with Crippen molar-refractivity contribution < 1.29 is 4.74 Å². The molecule has 0 radical (unpaired) electrons. The number of hydrogen-bond acceptors (Lipinski definition) is 5. The van der Waals surface area contributed by atoms with Gasteiger partial charge in [-0.3, -0.25) is 0 Å². The molecule has 0 N–H and O–H groups in total. The summed E-state index contributed by atoms with van der Waals surface area (Å²) in [5.41, 5.74) is 0. The Kier molecular flexibility index (Phi) is 4.55. The summed E-state index contributed by atoms with van der Waals surface area (Å²) in [4.78, 5) is 13.7. The van der Waals surface area contributed by atoms with Crippen molar-refractivity contribution in [2.24, 2.45) is 0 Å². The molecule has 15 heavy (non-hydrogen) atoms. The van der Waals surface area contributed by atoms with Crippen LogP contribution in [0.25, 0.3) is 0 Å². The number of hydrogen-bond donors (Lipinski definition) is 0. The fourth-order valence-corrected chi connectivity index (χ4v) is 1.04. The van der Waals surface area contributed by atoms with Gasteiger partial charge in [-0.15, -0.1) is 0 Å². The number of aromatic nitrogens is 3. The molecule has 0 aliphatic rings. The molecule has 0 atom stereocenters. The Morgan fingerprint density at radius 3 is 2.60 bits per heavy atom. The third kappa shape index (κ3) is 3.87. The zero-order valence-corrected chi connectivity index (χ0v) is 9.95. The van der Waals surface area contributed by atoms with Crippen LogP contribution >= 0.6 is 11.6 Å². The molecule has 1 rings (SSSR count). The van der Waals surface area contributed by atoms with Crippen LogP contribution in [0.2, 0.25) is 5.28 Å². The minimum Gasteiger partial charge on any atom is -0.463 e. The number of anilines is 1. The average molecular weight is 231 g/mol. The number of rotatable bonds is 5. The molecule has 1 heterocycles. The molecular formula is C9H15ClN4O. The topological polar surface area (TPSA) is 51.1 Å². The highest BCUT2D eigenvalue weighted by molar-refractivity contribution is 6.28. The highest BCUT2D eigenvalue weighted by atomic mass is 35.5. The van der Waals surface area contributed by atoms with Gasteiger partial charge in [0.05, 0.1) is 6.61 Å². The lowest BCUT2D eigenvalue weighted by Gasteiger charge is -2.11. The monoisotopic (exact) mass is 230 g/mol. The van der Waals surface area contributed by atoms with E-state index in [0.717, 1.165) is 12.8 Å². The second-order valence-corrected chi connectivity index (χ2v) is 3.62. The lowest BCUT2D eigenvalue weighted by atomic mass is 10.4. The first kappa shape index (κ1) is 12.0. The van der Waals surface area contributed by atoms with Crippen LogP contribution < -0.4 is 9.64 Å². The Morgan fingerprint density at radius 1 is 1.27 bits per heavy atom. The van der Waals surface area contributed by atoms with Gasteiger partial charge >= 0.3 is 6.01 Å². The minimum atomic E-state index is 0.153. The summed E-state index contributed by atoms with van der Waals surface area (Å²) >= 11 is 5.74. The largest absolute Gasteiger partial charge is 0.463 e. The SMILES string of the molecule is CCCCOc1nc(Cl)nc(N(C)C)n1. The molecule has 0 bridgehead atoms. The van der Waals surface area contributed by atoms with Gasteiger partial charge in [0.25, 0.3) is 0 Å². The fourth-order valence-electron chi connectivity index (χ4n) is 0.894. The van der Waals surface area contributed by atoms with E-state index in [1.807, 2.05) is 14.1 Å². The molecule has 0 spiro atoms. The highest BCUT2D eigenvalue weighted by Crippen LogP contribution is 2.13. The van der Waals surface area contributed by atoms with E-state index in [9.17, 15) is 0 Å². The van der Waals surface area contributed by atoms with Gasteiger partial charge in [0, 0.05) is 14.1 Å². The van der Waals surface area contributed by atoms with Crippen LogP contribution in [0.1, 0.15) is 19.8 Å². The van der Waals surface area contributed by atoms with Crippen LogP contribution in [0.5, 0.6) is 6.01 Å². The predicted octanol–water partition coefficient (Wildman–Crippen LogP) is 1.77. The van der Waals surface area contributed by atoms with Crippen molar-refractivity contribution in [1.82, 2.24) is 15.0 Å². The molecule has 6 heteroatoms. The predicted molar refractivity (Wildman–Crippen MR) is 59.6 cm³/mol. The van der Waals surface area contributed by atoms with Crippen LogP contribution in [-0.4, -0.2) is 35.7 Å². The first-order chi connectivity index (χ1) is 7.13. The lowest BCUT2D eigenvalue weighted by Crippen LogP contribution is -2.14. The Morgan fingerprint density at radius 2 is 2.00 bits per heavy atom. The van der Waals surface area contributed by atoms with Gasteiger partial charge in [-0.2, -0.15) is 15.0 Å². The maximum Gasteiger partial charge on any atom is 0.322 e. The van der Waals surface area contributed by atoms with Crippen LogP contribution in [0, 0.1) is 0 Å². The highest BCUT2D eigenvalue weighted by Gasteiger charge is 2.06. The molecule has 0 unspecified atom stereocenters. The Bertz CT molecular complexity index is 319. The summed E-state index contributed by atoms with van der Waals surface area (Å²) in [7, 11) is 3.67. The quantitative estimate of drug-likeness (QED) is 0.722. The molecule has 1 aromatic rings. The van der Waals surface area contributed by atoms with Crippen LogP contribution in [0.15, 0.2) is 0 Å². The molecule has 84 valence electrons. The van der Waals surface area contributed by atoms with E-state index < -0.39 is 0 Å². The van der Waals surface area contributed by atoms with E-state index in [-0.39, 0.29) is 11.3 Å². The van der Waals surface area contributed by atoms with Crippen LogP contribution in [-0.2, 0) is 0 Å². The number of unbranched alkanes of at least 4 members (excludes halogenated alkanes) is 1.